The van der Waals surface area contributed by atoms with Gasteiger partial charge in [0.1, 0.15) is 11.6 Å². The lowest BCUT2D eigenvalue weighted by Gasteiger charge is -2.52. The number of hydrogen-bond donors (Lipinski definition) is 2. The van der Waals surface area contributed by atoms with Crippen molar-refractivity contribution in [1.82, 2.24) is 35.7 Å². The van der Waals surface area contributed by atoms with E-state index in [4.69, 9.17) is 20.0 Å². The Bertz CT molecular complexity index is 2440. The fraction of sp³-hybridized carbons (Fsp3) is 0.439. The van der Waals surface area contributed by atoms with Gasteiger partial charge in [0.25, 0.3) is 5.91 Å². The first-order chi connectivity index (χ1) is 27.6. The molecular formula is C41H46FN9O6S. The van der Waals surface area contributed by atoms with Crippen molar-refractivity contribution in [3.63, 3.8) is 0 Å². The minimum absolute atomic E-state index is 0.0436. The minimum atomic E-state index is -4.19. The van der Waals surface area contributed by atoms with Crippen LogP contribution in [0.1, 0.15) is 105 Å². The van der Waals surface area contributed by atoms with Gasteiger partial charge in [0, 0.05) is 11.0 Å². The van der Waals surface area contributed by atoms with Gasteiger partial charge in [-0.2, -0.15) is 9.78 Å². The molecule has 0 saturated heterocycles. The number of amides is 2. The number of aromatic nitrogens is 6. The van der Waals surface area contributed by atoms with E-state index in [1.54, 1.807) is 24.3 Å². The Hall–Kier alpha value is -5.55. The molecule has 3 heterocycles. The smallest absolute Gasteiger partial charge is 0.254 e. The lowest BCUT2D eigenvalue weighted by atomic mass is 9.57. The second-order valence-corrected chi connectivity index (χ2v) is 18.6. The molecule has 0 unspecified atom stereocenters. The Morgan fingerprint density at radius 1 is 1.00 bits per heavy atom. The summed E-state index contributed by atoms with van der Waals surface area (Å²) < 4.78 is 54.4. The van der Waals surface area contributed by atoms with Crippen LogP contribution in [0.2, 0.25) is 0 Å². The summed E-state index contributed by atoms with van der Waals surface area (Å²) in [6.45, 7) is 8.06. The van der Waals surface area contributed by atoms with Crippen molar-refractivity contribution in [3.8, 4) is 5.75 Å². The summed E-state index contributed by atoms with van der Waals surface area (Å²) in [6, 6.07) is 17.5. The summed E-state index contributed by atoms with van der Waals surface area (Å²) >= 11 is 0. The predicted molar refractivity (Wildman–Crippen MR) is 209 cm³/mol. The molecule has 0 radical (unpaired) electrons. The zero-order valence-corrected chi connectivity index (χ0v) is 33.6. The summed E-state index contributed by atoms with van der Waals surface area (Å²) in [5, 5.41) is 20.6. The molecule has 4 aliphatic rings. The lowest BCUT2D eigenvalue weighted by Crippen LogP contribution is -2.58. The van der Waals surface area contributed by atoms with Gasteiger partial charge in [-0.3, -0.25) is 9.59 Å². The third-order valence-electron chi connectivity index (χ3n) is 11.8. The molecule has 1 aliphatic heterocycles. The average molecular weight is 812 g/mol. The quantitative estimate of drug-likeness (QED) is 0.185. The molecule has 3 aromatic carbocycles. The Morgan fingerprint density at radius 2 is 1.67 bits per heavy atom. The van der Waals surface area contributed by atoms with Gasteiger partial charge in [-0.25, -0.2) is 12.8 Å². The van der Waals surface area contributed by atoms with Crippen LogP contribution in [0.5, 0.6) is 5.75 Å². The molecule has 2 aromatic heterocycles. The van der Waals surface area contributed by atoms with Gasteiger partial charge >= 0.3 is 0 Å². The van der Waals surface area contributed by atoms with Gasteiger partial charge in [-0.05, 0) is 107 Å². The molecule has 3 N–H and O–H groups in total. The number of hydrogen-bond acceptors (Lipinski definition) is 12. The Kier molecular flexibility index (Phi) is 9.94. The van der Waals surface area contributed by atoms with Gasteiger partial charge in [-0.1, -0.05) is 47.6 Å². The standard InChI is InChI=1S/C41H46FN9O6S/c1-25(2)56-28-12-10-27(11-13-28)22-50-32-20-29(30(42)21-33(32)58(54,55)24-31(43)35(50)53)34(52)45-41-17-14-40(15-18-41,16-19-41)38-44-36(48-57-38)39(3,4)37-46-49-51(47-37)23-26-8-6-5-7-9-26/h5-13,20-21,25,31H,14-19,22-24,43H2,1-4H3,(H,45,52)/t31-,40?,41?/m0/s1. The van der Waals surface area contributed by atoms with Gasteiger partial charge in [0.15, 0.2) is 21.5 Å². The molecule has 58 heavy (non-hydrogen) atoms. The van der Waals surface area contributed by atoms with Gasteiger partial charge in [-0.15, -0.1) is 10.2 Å². The molecule has 15 nitrogen and oxygen atoms in total. The third kappa shape index (κ3) is 7.36. The molecule has 304 valence electrons. The van der Waals surface area contributed by atoms with E-state index in [0.29, 0.717) is 73.9 Å². The maximum atomic E-state index is 15.9. The number of nitrogens with two attached hydrogens (primary N) is 1. The highest BCUT2D eigenvalue weighted by Crippen LogP contribution is 2.53. The highest BCUT2D eigenvalue weighted by atomic mass is 32.2. The highest BCUT2D eigenvalue weighted by Gasteiger charge is 2.53. The molecule has 2 amide bonds. The van der Waals surface area contributed by atoms with E-state index in [0.717, 1.165) is 17.7 Å². The molecule has 1 atom stereocenters. The van der Waals surface area contributed by atoms with E-state index in [1.807, 2.05) is 58.0 Å². The van der Waals surface area contributed by atoms with Gasteiger partial charge in [0.2, 0.25) is 11.8 Å². The molecular weight excluding hydrogens is 766 g/mol. The van der Waals surface area contributed by atoms with Crippen molar-refractivity contribution in [2.75, 3.05) is 10.7 Å². The van der Waals surface area contributed by atoms with Crippen LogP contribution in [0, 0.1) is 5.82 Å². The third-order valence-corrected chi connectivity index (χ3v) is 13.6. The first kappa shape index (κ1) is 39.3. The number of anilines is 1. The summed E-state index contributed by atoms with van der Waals surface area (Å²) in [7, 11) is -4.19. The maximum absolute atomic E-state index is 15.9. The number of sulfone groups is 1. The number of halogens is 1. The van der Waals surface area contributed by atoms with Crippen LogP contribution >= 0.6 is 0 Å². The number of carbonyl (C=O) groups excluding carboxylic acids is 2. The van der Waals surface area contributed by atoms with Gasteiger partial charge in [0.05, 0.1) is 52.5 Å². The number of nitrogens with one attached hydrogen (secondary N) is 1. The van der Waals surface area contributed by atoms with Crippen molar-refractivity contribution in [2.45, 2.75) is 113 Å². The largest absolute Gasteiger partial charge is 0.491 e. The van der Waals surface area contributed by atoms with Crippen LogP contribution in [-0.2, 0) is 38.6 Å². The molecule has 5 aromatic rings. The van der Waals surface area contributed by atoms with Gasteiger partial charge < -0.3 is 25.2 Å². The molecule has 3 aliphatic carbocycles. The highest BCUT2D eigenvalue weighted by molar-refractivity contribution is 7.91. The van der Waals surface area contributed by atoms with Crippen LogP contribution < -0.4 is 20.7 Å². The SMILES string of the molecule is CC(C)Oc1ccc(CN2C(=O)[C@@H](N)CS(=O)(=O)c3cc(F)c(C(=O)NC45CCC(c6nc(C(C)(C)c7nnn(Cc8ccccc8)n7)no6)(CC4)CC5)cc32)cc1. The fourth-order valence-corrected chi connectivity index (χ4v) is 9.85. The van der Waals surface area contributed by atoms with Crippen LogP contribution in [0.15, 0.2) is 76.1 Å². The fourth-order valence-electron chi connectivity index (χ4n) is 8.29. The van der Waals surface area contributed by atoms with Crippen molar-refractivity contribution in [2.24, 2.45) is 5.73 Å². The van der Waals surface area contributed by atoms with Crippen LogP contribution in [0.3, 0.4) is 0 Å². The van der Waals surface area contributed by atoms with Crippen molar-refractivity contribution in [1.29, 1.82) is 0 Å². The summed E-state index contributed by atoms with van der Waals surface area (Å²) in [6.07, 6.45) is 3.62. The zero-order valence-electron chi connectivity index (χ0n) is 32.8. The normalized spacial score (nSPS) is 22.8. The van der Waals surface area contributed by atoms with E-state index in [2.05, 4.69) is 25.9 Å². The predicted octanol–water partition coefficient (Wildman–Crippen LogP) is 4.78. The first-order valence-electron chi connectivity index (χ1n) is 19.4. The number of fused-ring (bicyclic) bond motifs is 4. The molecule has 3 fully saturated rings. The number of nitrogens with zero attached hydrogens (tertiary/aromatic N) is 7. The number of carbonyl (C=O) groups is 2. The first-order valence-corrected chi connectivity index (χ1v) is 21.1. The van der Waals surface area contributed by atoms with Crippen LogP contribution in [-0.4, -0.2) is 74.0 Å². The monoisotopic (exact) mass is 811 g/mol. The number of rotatable bonds is 11. The summed E-state index contributed by atoms with van der Waals surface area (Å²) in [4.78, 5) is 34.9. The molecule has 17 heteroatoms. The summed E-state index contributed by atoms with van der Waals surface area (Å²) in [5.74, 6) is -0.999. The average Bonchev–Trinajstić information content (AvgIpc) is 3.89. The lowest BCUT2D eigenvalue weighted by molar-refractivity contribution is -0.119. The van der Waals surface area contributed by atoms with E-state index in [1.165, 1.54) is 9.70 Å². The van der Waals surface area contributed by atoms with Crippen LogP contribution in [0.4, 0.5) is 10.1 Å². The van der Waals surface area contributed by atoms with E-state index in [-0.39, 0.29) is 23.9 Å². The van der Waals surface area contributed by atoms with Crippen molar-refractivity contribution in [3.05, 3.63) is 107 Å². The second-order valence-electron chi connectivity index (χ2n) is 16.6. The van der Waals surface area contributed by atoms with E-state index >= 15 is 4.39 Å². The molecule has 0 spiro atoms. The maximum Gasteiger partial charge on any atom is 0.254 e. The Morgan fingerprint density at radius 3 is 2.34 bits per heavy atom. The molecule has 2 bridgehead atoms. The Labute approximate surface area is 335 Å². The molecule has 3 saturated carbocycles. The van der Waals surface area contributed by atoms with E-state index < -0.39 is 60.5 Å². The minimum Gasteiger partial charge on any atom is -0.491 e. The second kappa shape index (κ2) is 14.7. The topological polar surface area (TPSA) is 201 Å². The number of tetrazole rings is 1. The number of benzene rings is 3. The van der Waals surface area contributed by atoms with Crippen molar-refractivity contribution < 1.29 is 31.7 Å². The Balaban J connectivity index is 0.987. The zero-order chi connectivity index (χ0) is 41.0. The molecule has 9 rings (SSSR count). The van der Waals surface area contributed by atoms with E-state index in [9.17, 15) is 18.0 Å². The summed E-state index contributed by atoms with van der Waals surface area (Å²) in [5.41, 5.74) is 5.52. The van der Waals surface area contributed by atoms with Crippen molar-refractivity contribution >= 4 is 27.3 Å². The number of ether oxygens (including phenoxy) is 1. The van der Waals surface area contributed by atoms with Crippen LogP contribution in [0.25, 0.3) is 0 Å².